The molecule has 8 nitrogen and oxygen atoms in total. The van der Waals surface area contributed by atoms with E-state index < -0.39 is 0 Å². The lowest BCUT2D eigenvalue weighted by molar-refractivity contribution is 0.282. The molecule has 0 unspecified atom stereocenters. The first-order valence-electron chi connectivity index (χ1n) is 8.27. The van der Waals surface area contributed by atoms with Crippen molar-refractivity contribution in [1.82, 2.24) is 19.5 Å². The molecule has 0 atom stereocenters. The lowest BCUT2D eigenvalue weighted by atomic mass is 10.2. The van der Waals surface area contributed by atoms with E-state index >= 15 is 0 Å². The molecule has 2 aromatic carbocycles. The van der Waals surface area contributed by atoms with E-state index in [9.17, 15) is 9.90 Å². The lowest BCUT2D eigenvalue weighted by Gasteiger charge is -2.09. The number of aliphatic hydroxyl groups is 1. The van der Waals surface area contributed by atoms with Crippen molar-refractivity contribution in [2.45, 2.75) is 6.61 Å². The molecule has 136 valence electrons. The van der Waals surface area contributed by atoms with Gasteiger partial charge in [0.15, 0.2) is 5.65 Å². The molecule has 0 spiro atoms. The van der Waals surface area contributed by atoms with Crippen LogP contribution in [0.15, 0.2) is 59.5 Å². The molecule has 0 aliphatic rings. The van der Waals surface area contributed by atoms with Gasteiger partial charge < -0.3 is 20.1 Å². The maximum absolute atomic E-state index is 12.5. The highest BCUT2D eigenvalue weighted by atomic mass is 16.5. The van der Waals surface area contributed by atoms with Crippen molar-refractivity contribution in [1.29, 1.82) is 0 Å². The Bertz CT molecular complexity index is 1170. The summed E-state index contributed by atoms with van der Waals surface area (Å²) in [6, 6.07) is 14.5. The molecule has 0 radical (unpaired) electrons. The Labute approximate surface area is 154 Å². The maximum atomic E-state index is 12.5. The minimum Gasteiger partial charge on any atom is -0.495 e. The van der Waals surface area contributed by atoms with Gasteiger partial charge in [-0.25, -0.2) is 14.3 Å². The molecule has 0 saturated heterocycles. The van der Waals surface area contributed by atoms with Crippen LogP contribution in [0.5, 0.6) is 5.75 Å². The van der Waals surface area contributed by atoms with Gasteiger partial charge in [-0.3, -0.25) is 0 Å². The zero-order chi connectivity index (χ0) is 18.8. The van der Waals surface area contributed by atoms with Crippen LogP contribution >= 0.6 is 0 Å². The molecule has 0 aliphatic carbocycles. The van der Waals surface area contributed by atoms with Crippen LogP contribution in [0.1, 0.15) is 5.56 Å². The van der Waals surface area contributed by atoms with Crippen LogP contribution < -0.4 is 15.7 Å². The molecule has 0 aliphatic heterocycles. The van der Waals surface area contributed by atoms with Crippen LogP contribution in [0.4, 0.5) is 11.6 Å². The monoisotopic (exact) mass is 363 g/mol. The number of anilines is 2. The number of nitrogens with zero attached hydrogens (tertiary/aromatic N) is 3. The Morgan fingerprint density at radius 3 is 2.89 bits per heavy atom. The standard InChI is InChI=1S/C19H17N5O3/c1-27-16-8-3-2-7-15(16)24-17-14(22-19(24)26)10-20-18(23-17)21-13-6-4-5-12(9-13)11-25/h2-10,25H,11H2,1H3,(H,22,26)(H,20,21,23). The van der Waals surface area contributed by atoms with E-state index in [1.165, 1.54) is 4.57 Å². The smallest absolute Gasteiger partial charge is 0.332 e. The van der Waals surface area contributed by atoms with E-state index in [2.05, 4.69) is 20.3 Å². The number of H-pyrrole nitrogens is 1. The molecule has 27 heavy (non-hydrogen) atoms. The second-order valence-electron chi connectivity index (χ2n) is 5.85. The molecule has 4 aromatic rings. The summed E-state index contributed by atoms with van der Waals surface area (Å²) in [4.78, 5) is 24.0. The average Bonchev–Trinajstić information content (AvgIpc) is 3.03. The molecule has 0 bridgehead atoms. The van der Waals surface area contributed by atoms with E-state index in [4.69, 9.17) is 4.74 Å². The number of para-hydroxylation sites is 2. The Morgan fingerprint density at radius 1 is 1.22 bits per heavy atom. The van der Waals surface area contributed by atoms with Gasteiger partial charge in [-0.2, -0.15) is 4.98 Å². The van der Waals surface area contributed by atoms with Crippen LogP contribution in [0.2, 0.25) is 0 Å². The van der Waals surface area contributed by atoms with Crippen molar-refractivity contribution >= 4 is 22.8 Å². The fourth-order valence-corrected chi connectivity index (χ4v) is 2.87. The number of hydrogen-bond donors (Lipinski definition) is 3. The highest BCUT2D eigenvalue weighted by molar-refractivity contribution is 5.75. The quantitative estimate of drug-likeness (QED) is 0.503. The number of fused-ring (bicyclic) bond motifs is 1. The van der Waals surface area contributed by atoms with Gasteiger partial charge in [0.1, 0.15) is 11.3 Å². The summed E-state index contributed by atoms with van der Waals surface area (Å²) in [5.74, 6) is 0.893. The fraction of sp³-hybridized carbons (Fsp3) is 0.105. The Kier molecular flexibility index (Phi) is 4.31. The first-order valence-corrected chi connectivity index (χ1v) is 8.27. The number of hydrogen-bond acceptors (Lipinski definition) is 6. The maximum Gasteiger partial charge on any atom is 0.332 e. The predicted molar refractivity (Wildman–Crippen MR) is 102 cm³/mol. The van der Waals surface area contributed by atoms with Crippen LogP contribution in [-0.4, -0.2) is 31.7 Å². The van der Waals surface area contributed by atoms with Crippen LogP contribution in [0.25, 0.3) is 16.9 Å². The fourth-order valence-electron chi connectivity index (χ4n) is 2.87. The zero-order valence-corrected chi connectivity index (χ0v) is 14.5. The Hall–Kier alpha value is -3.65. The normalized spacial score (nSPS) is 10.9. The Morgan fingerprint density at radius 2 is 2.07 bits per heavy atom. The SMILES string of the molecule is COc1ccccc1-n1c(=O)[nH]c2cnc(Nc3cccc(CO)c3)nc21. The van der Waals surface area contributed by atoms with Crippen molar-refractivity contribution < 1.29 is 9.84 Å². The number of methoxy groups -OCH3 is 1. The largest absolute Gasteiger partial charge is 0.495 e. The third-order valence-electron chi connectivity index (χ3n) is 4.12. The van der Waals surface area contributed by atoms with Crippen LogP contribution in [0, 0.1) is 0 Å². The number of aliphatic hydroxyl groups excluding tert-OH is 1. The molecular weight excluding hydrogens is 346 g/mol. The summed E-state index contributed by atoms with van der Waals surface area (Å²) in [5, 5.41) is 12.4. The highest BCUT2D eigenvalue weighted by Gasteiger charge is 2.15. The van der Waals surface area contributed by atoms with Crippen molar-refractivity contribution in [2.24, 2.45) is 0 Å². The minimum atomic E-state index is -0.330. The minimum absolute atomic E-state index is 0.0550. The number of imidazole rings is 1. The molecular formula is C19H17N5O3. The third-order valence-corrected chi connectivity index (χ3v) is 4.12. The summed E-state index contributed by atoms with van der Waals surface area (Å²) < 4.78 is 6.82. The molecule has 2 aromatic heterocycles. The third kappa shape index (κ3) is 3.13. The van der Waals surface area contributed by atoms with Crippen molar-refractivity contribution in [3.63, 3.8) is 0 Å². The summed E-state index contributed by atoms with van der Waals surface area (Å²) in [6.07, 6.45) is 1.55. The second kappa shape index (κ2) is 6.93. The van der Waals surface area contributed by atoms with E-state index in [-0.39, 0.29) is 12.3 Å². The average molecular weight is 363 g/mol. The van der Waals surface area contributed by atoms with Gasteiger partial charge in [0.2, 0.25) is 5.95 Å². The molecule has 0 amide bonds. The molecule has 2 heterocycles. The van der Waals surface area contributed by atoms with Crippen molar-refractivity contribution in [3.8, 4) is 11.4 Å². The topological polar surface area (TPSA) is 105 Å². The van der Waals surface area contributed by atoms with Crippen LogP contribution in [0.3, 0.4) is 0 Å². The number of benzene rings is 2. The molecule has 0 fully saturated rings. The lowest BCUT2D eigenvalue weighted by Crippen LogP contribution is -2.15. The predicted octanol–water partition coefficient (Wildman–Crippen LogP) is 2.35. The number of nitrogens with one attached hydrogen (secondary N) is 2. The number of rotatable bonds is 5. The van der Waals surface area contributed by atoms with Gasteiger partial charge in [-0.15, -0.1) is 0 Å². The van der Waals surface area contributed by atoms with E-state index in [0.29, 0.717) is 28.5 Å². The van der Waals surface area contributed by atoms with Gasteiger partial charge in [-0.1, -0.05) is 24.3 Å². The summed E-state index contributed by atoms with van der Waals surface area (Å²) in [6.45, 7) is -0.0550. The van der Waals surface area contributed by atoms with Crippen molar-refractivity contribution in [2.75, 3.05) is 12.4 Å². The molecule has 3 N–H and O–H groups in total. The first-order chi connectivity index (χ1) is 13.2. The van der Waals surface area contributed by atoms with Gasteiger partial charge in [0.05, 0.1) is 25.6 Å². The van der Waals surface area contributed by atoms with Crippen molar-refractivity contribution in [3.05, 3.63) is 70.8 Å². The second-order valence-corrected chi connectivity index (χ2v) is 5.85. The number of aromatic amines is 1. The molecule has 8 heteroatoms. The van der Waals surface area contributed by atoms with E-state index in [0.717, 1.165) is 11.3 Å². The van der Waals surface area contributed by atoms with E-state index in [1.54, 1.807) is 31.5 Å². The first kappa shape index (κ1) is 16.8. The van der Waals surface area contributed by atoms with Gasteiger partial charge >= 0.3 is 5.69 Å². The van der Waals surface area contributed by atoms with E-state index in [1.807, 2.05) is 30.3 Å². The van der Waals surface area contributed by atoms with Gasteiger partial charge in [0, 0.05) is 5.69 Å². The van der Waals surface area contributed by atoms with Gasteiger partial charge in [-0.05, 0) is 29.8 Å². The Balaban J connectivity index is 1.81. The summed E-state index contributed by atoms with van der Waals surface area (Å²) in [5.41, 5.74) is 2.71. The molecule has 4 rings (SSSR count). The number of aromatic nitrogens is 4. The summed E-state index contributed by atoms with van der Waals surface area (Å²) >= 11 is 0. The van der Waals surface area contributed by atoms with Gasteiger partial charge in [0.25, 0.3) is 0 Å². The molecule has 0 saturated carbocycles. The summed E-state index contributed by atoms with van der Waals surface area (Å²) in [7, 11) is 1.55. The zero-order valence-electron chi connectivity index (χ0n) is 14.5. The van der Waals surface area contributed by atoms with Crippen LogP contribution in [-0.2, 0) is 6.61 Å². The number of ether oxygens (including phenoxy) is 1. The highest BCUT2D eigenvalue weighted by Crippen LogP contribution is 2.24.